The van der Waals surface area contributed by atoms with Crippen molar-refractivity contribution in [2.24, 2.45) is 0 Å². The number of benzene rings is 1. The quantitative estimate of drug-likeness (QED) is 0.606. The Balaban J connectivity index is 1.38. The monoisotopic (exact) mass is 436 g/mol. The summed E-state index contributed by atoms with van der Waals surface area (Å²) in [7, 11) is 3.17. The molecule has 8 heteroatoms. The molecule has 4 heterocycles. The van der Waals surface area contributed by atoms with Gasteiger partial charge < -0.3 is 23.7 Å². The van der Waals surface area contributed by atoms with Gasteiger partial charge in [-0.2, -0.15) is 0 Å². The molecule has 2 aromatic heterocycles. The van der Waals surface area contributed by atoms with Crippen molar-refractivity contribution in [3.8, 4) is 11.5 Å². The largest absolute Gasteiger partial charge is 0.497 e. The topological polar surface area (TPSA) is 78.7 Å². The smallest absolute Gasteiger partial charge is 0.257 e. The Hall–Kier alpha value is -3.13. The second-order valence-electron chi connectivity index (χ2n) is 8.28. The van der Waals surface area contributed by atoms with Gasteiger partial charge in [-0.25, -0.2) is 9.97 Å². The maximum absolute atomic E-state index is 13.3. The van der Waals surface area contributed by atoms with Crippen LogP contribution in [0.1, 0.15) is 54.0 Å². The Morgan fingerprint density at radius 3 is 2.69 bits per heavy atom. The summed E-state index contributed by atoms with van der Waals surface area (Å²) in [4.78, 5) is 24.7. The molecule has 168 valence electrons. The van der Waals surface area contributed by atoms with Crippen molar-refractivity contribution in [2.45, 2.75) is 37.8 Å². The van der Waals surface area contributed by atoms with E-state index in [1.54, 1.807) is 32.4 Å². The molecule has 0 N–H and O–H groups in total. The molecule has 1 atom stereocenters. The third-order valence-electron chi connectivity index (χ3n) is 6.45. The van der Waals surface area contributed by atoms with Crippen LogP contribution in [0.25, 0.3) is 11.2 Å². The van der Waals surface area contributed by atoms with Gasteiger partial charge in [0.05, 0.1) is 19.8 Å². The van der Waals surface area contributed by atoms with Crippen LogP contribution in [0.5, 0.6) is 11.5 Å². The molecule has 5 rings (SSSR count). The fourth-order valence-electron chi connectivity index (χ4n) is 4.79. The molecule has 3 aromatic rings. The fraction of sp³-hybridized carbons (Fsp3) is 0.458. The van der Waals surface area contributed by atoms with Crippen molar-refractivity contribution in [3.63, 3.8) is 0 Å². The summed E-state index contributed by atoms with van der Waals surface area (Å²) in [6.07, 6.45) is 5.53. The highest BCUT2D eigenvalue weighted by molar-refractivity contribution is 5.97. The van der Waals surface area contributed by atoms with E-state index >= 15 is 0 Å². The van der Waals surface area contributed by atoms with E-state index in [-0.39, 0.29) is 18.1 Å². The predicted octanol–water partition coefficient (Wildman–Crippen LogP) is 3.78. The van der Waals surface area contributed by atoms with Gasteiger partial charge in [0.1, 0.15) is 28.9 Å². The van der Waals surface area contributed by atoms with Crippen molar-refractivity contribution in [2.75, 3.05) is 33.9 Å². The maximum Gasteiger partial charge on any atom is 0.257 e. The molecule has 0 radical (unpaired) electrons. The highest BCUT2D eigenvalue weighted by Crippen LogP contribution is 2.36. The SMILES string of the molecule is COc1ccc(OC)c(C(=O)N2CCC(n3c([C@H]4CCCO4)nc4cccnc43)CC2)c1. The zero-order valence-electron chi connectivity index (χ0n) is 18.5. The lowest BCUT2D eigenvalue weighted by Crippen LogP contribution is -2.39. The van der Waals surface area contributed by atoms with Crippen molar-refractivity contribution in [3.05, 3.63) is 47.9 Å². The standard InChI is InChI=1S/C24H28N4O4/c1-30-17-7-8-20(31-2)18(15-17)24(29)27-12-9-16(10-13-27)28-22-19(5-3-11-25-22)26-23(28)21-6-4-14-32-21/h3,5,7-8,11,15-16,21H,4,6,9-10,12-14H2,1-2H3/t21-/m1/s1. The van der Waals surface area contributed by atoms with Gasteiger partial charge in [0.2, 0.25) is 0 Å². The Bertz CT molecular complexity index is 1110. The second-order valence-corrected chi connectivity index (χ2v) is 8.28. The molecule has 2 saturated heterocycles. The van der Waals surface area contributed by atoms with Crippen LogP contribution in [0.15, 0.2) is 36.5 Å². The molecule has 1 amide bonds. The number of carbonyl (C=O) groups excluding carboxylic acids is 1. The minimum absolute atomic E-state index is 0.0184. The summed E-state index contributed by atoms with van der Waals surface area (Å²) in [5.74, 6) is 2.13. The highest BCUT2D eigenvalue weighted by Gasteiger charge is 2.32. The molecule has 32 heavy (non-hydrogen) atoms. The number of imidazole rings is 1. The number of piperidine rings is 1. The molecule has 0 saturated carbocycles. The molecular weight excluding hydrogens is 408 g/mol. The number of hydrogen-bond acceptors (Lipinski definition) is 6. The highest BCUT2D eigenvalue weighted by atomic mass is 16.5. The molecule has 0 spiro atoms. The van der Waals surface area contributed by atoms with E-state index in [2.05, 4.69) is 9.55 Å². The molecule has 1 aromatic carbocycles. The van der Waals surface area contributed by atoms with Crippen LogP contribution in [-0.2, 0) is 4.74 Å². The third kappa shape index (κ3) is 3.68. The Labute approximate surface area is 187 Å². The predicted molar refractivity (Wildman–Crippen MR) is 119 cm³/mol. The number of hydrogen-bond donors (Lipinski definition) is 0. The number of pyridine rings is 1. The molecular formula is C24H28N4O4. The summed E-state index contributed by atoms with van der Waals surface area (Å²) < 4.78 is 19.0. The number of fused-ring (bicyclic) bond motifs is 1. The van der Waals surface area contributed by atoms with E-state index in [4.69, 9.17) is 19.2 Å². The van der Waals surface area contributed by atoms with Crippen LogP contribution >= 0.6 is 0 Å². The molecule has 8 nitrogen and oxygen atoms in total. The van der Waals surface area contributed by atoms with E-state index in [1.807, 2.05) is 23.2 Å². The van der Waals surface area contributed by atoms with Gasteiger partial charge in [-0.15, -0.1) is 0 Å². The Morgan fingerprint density at radius 1 is 1.12 bits per heavy atom. The molecule has 2 aliphatic rings. The van der Waals surface area contributed by atoms with Crippen LogP contribution in [-0.4, -0.2) is 59.3 Å². The van der Waals surface area contributed by atoms with Crippen molar-refractivity contribution in [1.82, 2.24) is 19.4 Å². The van der Waals surface area contributed by atoms with Crippen LogP contribution < -0.4 is 9.47 Å². The normalized spacial score (nSPS) is 19.4. The molecule has 2 aliphatic heterocycles. The van der Waals surface area contributed by atoms with E-state index in [0.717, 1.165) is 49.3 Å². The van der Waals surface area contributed by atoms with E-state index in [1.165, 1.54) is 0 Å². The average Bonchev–Trinajstić information content (AvgIpc) is 3.51. The van der Waals surface area contributed by atoms with Crippen molar-refractivity contribution in [1.29, 1.82) is 0 Å². The van der Waals surface area contributed by atoms with Gasteiger partial charge in [0.25, 0.3) is 5.91 Å². The van der Waals surface area contributed by atoms with Gasteiger partial charge in [-0.1, -0.05) is 0 Å². The second kappa shape index (κ2) is 8.78. The van der Waals surface area contributed by atoms with Gasteiger partial charge in [0.15, 0.2) is 5.65 Å². The van der Waals surface area contributed by atoms with Gasteiger partial charge in [-0.05, 0) is 56.0 Å². The number of amides is 1. The first-order valence-electron chi connectivity index (χ1n) is 11.2. The van der Waals surface area contributed by atoms with Crippen LogP contribution in [0.3, 0.4) is 0 Å². The number of carbonyl (C=O) groups is 1. The van der Waals surface area contributed by atoms with Crippen molar-refractivity contribution < 1.29 is 19.0 Å². The first-order valence-corrected chi connectivity index (χ1v) is 11.2. The van der Waals surface area contributed by atoms with Crippen LogP contribution in [0, 0.1) is 0 Å². The first kappa shape index (κ1) is 20.8. The first-order chi connectivity index (χ1) is 15.7. The van der Waals surface area contributed by atoms with E-state index in [0.29, 0.717) is 30.2 Å². The summed E-state index contributed by atoms with van der Waals surface area (Å²) in [5, 5.41) is 0. The van der Waals surface area contributed by atoms with Gasteiger partial charge in [0, 0.05) is 31.9 Å². The minimum atomic E-state index is -0.0350. The summed E-state index contributed by atoms with van der Waals surface area (Å²) in [6.45, 7) is 2.08. The van der Waals surface area contributed by atoms with Gasteiger partial charge in [-0.3, -0.25) is 4.79 Å². The molecule has 0 aliphatic carbocycles. The summed E-state index contributed by atoms with van der Waals surface area (Å²) in [5.41, 5.74) is 2.33. The number of ether oxygens (including phenoxy) is 3. The minimum Gasteiger partial charge on any atom is -0.497 e. The van der Waals surface area contributed by atoms with Gasteiger partial charge >= 0.3 is 0 Å². The zero-order chi connectivity index (χ0) is 22.1. The lowest BCUT2D eigenvalue weighted by molar-refractivity contribution is 0.0678. The number of aromatic nitrogens is 3. The summed E-state index contributed by atoms with van der Waals surface area (Å²) >= 11 is 0. The van der Waals surface area contributed by atoms with Crippen LogP contribution in [0.4, 0.5) is 0 Å². The molecule has 2 fully saturated rings. The number of nitrogens with zero attached hydrogens (tertiary/aromatic N) is 4. The third-order valence-corrected chi connectivity index (χ3v) is 6.45. The van der Waals surface area contributed by atoms with Crippen molar-refractivity contribution >= 4 is 17.1 Å². The van der Waals surface area contributed by atoms with E-state index < -0.39 is 0 Å². The summed E-state index contributed by atoms with van der Waals surface area (Å²) in [6, 6.07) is 9.47. The lowest BCUT2D eigenvalue weighted by atomic mass is 10.0. The Morgan fingerprint density at radius 2 is 1.97 bits per heavy atom. The zero-order valence-corrected chi connectivity index (χ0v) is 18.5. The van der Waals surface area contributed by atoms with Crippen LogP contribution in [0.2, 0.25) is 0 Å². The van der Waals surface area contributed by atoms with E-state index in [9.17, 15) is 4.79 Å². The lowest BCUT2D eigenvalue weighted by Gasteiger charge is -2.34. The maximum atomic E-state index is 13.3. The molecule has 0 bridgehead atoms. The Kier molecular flexibility index (Phi) is 5.70. The average molecular weight is 437 g/mol. The number of methoxy groups -OCH3 is 2. The fourth-order valence-corrected chi connectivity index (χ4v) is 4.79. The number of likely N-dealkylation sites (tertiary alicyclic amines) is 1. The molecule has 0 unspecified atom stereocenters. The number of rotatable bonds is 5.